The second-order valence-electron chi connectivity index (χ2n) is 9.19. The van der Waals surface area contributed by atoms with Crippen molar-refractivity contribution in [2.45, 2.75) is 79.7 Å². The topological polar surface area (TPSA) is 62.5 Å². The molecule has 1 aliphatic rings. The van der Waals surface area contributed by atoms with Crippen molar-refractivity contribution in [1.29, 1.82) is 0 Å². The molecule has 0 amide bonds. The maximum Gasteiger partial charge on any atom is 0.254 e. The van der Waals surface area contributed by atoms with Crippen LogP contribution in [-0.2, 0) is 19.4 Å². The van der Waals surface area contributed by atoms with E-state index >= 15 is 0 Å². The maximum atomic E-state index is 12.4. The predicted octanol–water partition coefficient (Wildman–Crippen LogP) is 4.76. The average molecular weight is 388 g/mol. The Bertz CT molecular complexity index is 795. The number of nitrogens with zero attached hydrogens (tertiary/aromatic N) is 1. The van der Waals surface area contributed by atoms with Crippen molar-refractivity contribution in [2.75, 3.05) is 6.61 Å². The normalized spacial score (nSPS) is 18.6. The highest BCUT2D eigenvalue weighted by molar-refractivity contribution is 5.39. The van der Waals surface area contributed by atoms with E-state index in [9.17, 15) is 9.90 Å². The van der Waals surface area contributed by atoms with Gasteiger partial charge in [0, 0.05) is 30.5 Å². The number of hydrogen-bond donors (Lipinski definition) is 2. The van der Waals surface area contributed by atoms with Crippen LogP contribution in [0.3, 0.4) is 0 Å². The summed E-state index contributed by atoms with van der Waals surface area (Å²) < 4.78 is 1.75. The molecule has 0 saturated heterocycles. The van der Waals surface area contributed by atoms with Gasteiger partial charge in [0.25, 0.3) is 5.56 Å². The van der Waals surface area contributed by atoms with Crippen molar-refractivity contribution in [1.82, 2.24) is 4.57 Å². The summed E-state index contributed by atoms with van der Waals surface area (Å²) in [6.45, 7) is 11.6. The van der Waals surface area contributed by atoms with Crippen LogP contribution in [0.25, 0.3) is 0 Å². The van der Waals surface area contributed by atoms with Crippen LogP contribution in [0.5, 0.6) is 5.75 Å². The molecular weight excluding hydrogens is 350 g/mol. The van der Waals surface area contributed by atoms with Crippen LogP contribution in [0.2, 0.25) is 0 Å². The Morgan fingerprint density at radius 1 is 1.29 bits per heavy atom. The summed E-state index contributed by atoms with van der Waals surface area (Å²) in [5.74, 6) is 0.554. The third-order valence-corrected chi connectivity index (χ3v) is 6.07. The van der Waals surface area contributed by atoms with Gasteiger partial charge < -0.3 is 14.8 Å². The molecular formula is C24H37NO3. The Labute approximate surface area is 169 Å². The minimum absolute atomic E-state index is 0.0465. The molecule has 28 heavy (non-hydrogen) atoms. The van der Waals surface area contributed by atoms with Gasteiger partial charge >= 0.3 is 0 Å². The van der Waals surface area contributed by atoms with E-state index in [2.05, 4.69) is 46.8 Å². The van der Waals surface area contributed by atoms with Gasteiger partial charge in [-0.3, -0.25) is 4.79 Å². The second-order valence-corrected chi connectivity index (χ2v) is 9.19. The van der Waals surface area contributed by atoms with Gasteiger partial charge in [-0.15, -0.1) is 0 Å². The van der Waals surface area contributed by atoms with Gasteiger partial charge in [0.1, 0.15) is 5.75 Å². The lowest BCUT2D eigenvalue weighted by Crippen LogP contribution is -2.37. The van der Waals surface area contributed by atoms with Gasteiger partial charge in [0.05, 0.1) is 0 Å². The fraction of sp³-hybridized carbons (Fsp3) is 0.625. The van der Waals surface area contributed by atoms with E-state index in [0.29, 0.717) is 18.9 Å². The van der Waals surface area contributed by atoms with E-state index in [1.165, 1.54) is 17.2 Å². The molecule has 0 spiro atoms. The summed E-state index contributed by atoms with van der Waals surface area (Å²) in [4.78, 5) is 12.4. The number of fused-ring (bicyclic) bond motifs is 1. The molecule has 0 aromatic carbocycles. The number of aromatic hydroxyl groups is 1. The predicted molar refractivity (Wildman–Crippen MR) is 116 cm³/mol. The van der Waals surface area contributed by atoms with E-state index in [-0.39, 0.29) is 23.3 Å². The first kappa shape index (κ1) is 22.5. The Morgan fingerprint density at radius 2 is 2.00 bits per heavy atom. The molecule has 1 unspecified atom stereocenters. The summed E-state index contributed by atoms with van der Waals surface area (Å²) >= 11 is 0. The summed E-state index contributed by atoms with van der Waals surface area (Å²) in [5.41, 5.74) is 4.51. The van der Waals surface area contributed by atoms with Crippen LogP contribution in [-0.4, -0.2) is 21.4 Å². The maximum absolute atomic E-state index is 12.4. The highest BCUT2D eigenvalue weighted by Crippen LogP contribution is 2.43. The van der Waals surface area contributed by atoms with E-state index in [1.807, 2.05) is 0 Å². The molecule has 0 saturated carbocycles. The van der Waals surface area contributed by atoms with Gasteiger partial charge in [0.15, 0.2) is 0 Å². The molecule has 1 aromatic heterocycles. The molecule has 1 aromatic rings. The van der Waals surface area contributed by atoms with Crippen molar-refractivity contribution in [3.8, 4) is 5.75 Å². The Hall–Kier alpha value is -1.81. The van der Waals surface area contributed by atoms with Crippen LogP contribution in [0, 0.1) is 11.3 Å². The molecule has 0 radical (unpaired) electrons. The number of aromatic nitrogens is 1. The van der Waals surface area contributed by atoms with Crippen LogP contribution in [0.4, 0.5) is 0 Å². The molecule has 4 nitrogen and oxygen atoms in total. The lowest BCUT2D eigenvalue weighted by Gasteiger charge is -2.40. The highest BCUT2D eigenvalue weighted by Gasteiger charge is 2.37. The number of aliphatic hydroxyl groups is 1. The smallest absolute Gasteiger partial charge is 0.254 e. The molecule has 156 valence electrons. The van der Waals surface area contributed by atoms with Gasteiger partial charge in [-0.25, -0.2) is 0 Å². The van der Waals surface area contributed by atoms with Gasteiger partial charge in [0.2, 0.25) is 0 Å². The molecule has 0 bridgehead atoms. The average Bonchev–Trinajstić information content (AvgIpc) is 2.59. The van der Waals surface area contributed by atoms with Crippen LogP contribution in [0.15, 0.2) is 34.2 Å². The van der Waals surface area contributed by atoms with Crippen molar-refractivity contribution in [2.24, 2.45) is 11.3 Å². The zero-order chi connectivity index (χ0) is 20.9. The fourth-order valence-corrected chi connectivity index (χ4v) is 4.16. The van der Waals surface area contributed by atoms with Gasteiger partial charge in [-0.2, -0.15) is 0 Å². The zero-order valence-electron chi connectivity index (χ0n) is 18.2. The molecule has 0 aliphatic heterocycles. The SMILES string of the molecule is CC(C)=CCC/C(C)=C/CC1Cc2c(O)cc(=O)n(CCCO)c2CC1(C)C. The number of pyridine rings is 1. The largest absolute Gasteiger partial charge is 0.507 e. The summed E-state index contributed by atoms with van der Waals surface area (Å²) in [7, 11) is 0. The Balaban J connectivity index is 2.22. The van der Waals surface area contributed by atoms with E-state index in [4.69, 9.17) is 5.11 Å². The zero-order valence-corrected chi connectivity index (χ0v) is 18.2. The molecule has 2 N–H and O–H groups in total. The molecule has 1 heterocycles. The first-order valence-electron chi connectivity index (χ1n) is 10.5. The van der Waals surface area contributed by atoms with Gasteiger partial charge in [-0.05, 0) is 70.6 Å². The number of hydrogen-bond acceptors (Lipinski definition) is 3. The Kier molecular flexibility index (Phi) is 7.70. The molecule has 0 fully saturated rings. The lowest BCUT2D eigenvalue weighted by atomic mass is 9.66. The molecule has 4 heteroatoms. The second kappa shape index (κ2) is 9.60. The van der Waals surface area contributed by atoms with Crippen molar-refractivity contribution >= 4 is 0 Å². The van der Waals surface area contributed by atoms with Crippen molar-refractivity contribution in [3.63, 3.8) is 0 Å². The van der Waals surface area contributed by atoms with Crippen molar-refractivity contribution in [3.05, 3.63) is 51.0 Å². The number of rotatable bonds is 8. The first-order valence-corrected chi connectivity index (χ1v) is 10.5. The molecule has 1 aliphatic carbocycles. The van der Waals surface area contributed by atoms with Crippen LogP contribution in [0.1, 0.15) is 71.6 Å². The summed E-state index contributed by atoms with van der Waals surface area (Å²) in [5, 5.41) is 19.6. The lowest BCUT2D eigenvalue weighted by molar-refractivity contribution is 0.184. The highest BCUT2D eigenvalue weighted by atomic mass is 16.3. The fourth-order valence-electron chi connectivity index (χ4n) is 4.16. The molecule has 2 rings (SSSR count). The van der Waals surface area contributed by atoms with Crippen LogP contribution >= 0.6 is 0 Å². The van der Waals surface area contributed by atoms with E-state index in [1.54, 1.807) is 4.57 Å². The third-order valence-electron chi connectivity index (χ3n) is 6.07. The first-order chi connectivity index (χ1) is 13.2. The summed E-state index contributed by atoms with van der Waals surface area (Å²) in [6, 6.07) is 1.34. The van der Waals surface area contributed by atoms with E-state index in [0.717, 1.165) is 43.4 Å². The van der Waals surface area contributed by atoms with Gasteiger partial charge in [-0.1, -0.05) is 37.1 Å². The quantitative estimate of drug-likeness (QED) is 0.632. The minimum Gasteiger partial charge on any atom is -0.507 e. The third kappa shape index (κ3) is 5.60. The number of allylic oxidation sites excluding steroid dienone is 4. The monoisotopic (exact) mass is 387 g/mol. The van der Waals surface area contributed by atoms with Crippen LogP contribution < -0.4 is 5.56 Å². The standard InChI is InChI=1S/C24H37NO3/c1-17(2)8-6-9-18(3)10-11-19-14-20-21(16-24(19,4)5)25(12-7-13-26)23(28)15-22(20)27/h8,10,15,19,26-27H,6-7,9,11-14,16H2,1-5H3/b18-10+. The van der Waals surface area contributed by atoms with E-state index < -0.39 is 0 Å². The van der Waals surface area contributed by atoms with Crippen molar-refractivity contribution < 1.29 is 10.2 Å². The Morgan fingerprint density at radius 3 is 2.64 bits per heavy atom. The number of aliphatic hydroxyl groups excluding tert-OH is 1. The minimum atomic E-state index is -0.172. The summed E-state index contributed by atoms with van der Waals surface area (Å²) in [6.07, 6.45) is 9.90. The molecule has 1 atom stereocenters.